The van der Waals surface area contributed by atoms with E-state index in [0.29, 0.717) is 15.8 Å². The van der Waals surface area contributed by atoms with E-state index in [1.165, 1.54) is 18.5 Å². The van der Waals surface area contributed by atoms with Gasteiger partial charge in [-0.25, -0.2) is 9.67 Å². The molecule has 0 radical (unpaired) electrons. The van der Waals surface area contributed by atoms with Gasteiger partial charge in [-0.2, -0.15) is 5.10 Å². The fraction of sp³-hybridized carbons (Fsp3) is 0.167. The molecule has 27 heavy (non-hydrogen) atoms. The fourth-order valence-electron chi connectivity index (χ4n) is 2.38. The maximum absolute atomic E-state index is 12.2. The summed E-state index contributed by atoms with van der Waals surface area (Å²) in [5.41, 5.74) is 1.83. The third kappa shape index (κ3) is 4.91. The normalized spacial score (nSPS) is 11.9. The predicted octanol–water partition coefficient (Wildman–Crippen LogP) is 4.48. The second-order valence-corrected chi connectivity index (χ2v) is 6.93. The van der Waals surface area contributed by atoms with Crippen LogP contribution in [-0.2, 0) is 4.79 Å². The highest BCUT2D eigenvalue weighted by Crippen LogP contribution is 2.33. The van der Waals surface area contributed by atoms with Crippen LogP contribution in [0.15, 0.2) is 49.1 Å². The first-order chi connectivity index (χ1) is 12.9. The average Bonchev–Trinajstić information content (AvgIpc) is 3.18. The van der Waals surface area contributed by atoms with E-state index in [1.54, 1.807) is 11.0 Å². The molecule has 0 aliphatic carbocycles. The largest absolute Gasteiger partial charge is 0.482 e. The number of carbonyl (C=O) groups excluding carboxylic acids is 1. The lowest BCUT2D eigenvalue weighted by molar-refractivity contribution is -0.123. The Morgan fingerprint density at radius 1 is 1.15 bits per heavy atom. The Kier molecular flexibility index (Phi) is 6.21. The van der Waals surface area contributed by atoms with E-state index < -0.39 is 0 Å². The monoisotopic (exact) mass is 424 g/mol. The van der Waals surface area contributed by atoms with Crippen molar-refractivity contribution in [3.05, 3.63) is 69.7 Å². The van der Waals surface area contributed by atoms with Crippen LogP contribution >= 0.6 is 34.8 Å². The molecule has 3 aromatic rings. The van der Waals surface area contributed by atoms with Crippen molar-refractivity contribution in [2.24, 2.45) is 0 Å². The van der Waals surface area contributed by atoms with Crippen LogP contribution in [0.25, 0.3) is 5.69 Å². The second-order valence-electron chi connectivity index (χ2n) is 5.71. The zero-order valence-corrected chi connectivity index (χ0v) is 16.5. The minimum Gasteiger partial charge on any atom is -0.482 e. The highest BCUT2D eigenvalue weighted by atomic mass is 35.5. The molecule has 3 rings (SSSR count). The summed E-state index contributed by atoms with van der Waals surface area (Å²) < 4.78 is 7.09. The van der Waals surface area contributed by atoms with Crippen LogP contribution in [0.5, 0.6) is 5.75 Å². The predicted molar refractivity (Wildman–Crippen MR) is 105 cm³/mol. The van der Waals surface area contributed by atoms with E-state index in [0.717, 1.165) is 11.3 Å². The Hall–Kier alpha value is -2.28. The van der Waals surface area contributed by atoms with E-state index in [2.05, 4.69) is 15.4 Å². The number of hydrogen-bond donors (Lipinski definition) is 1. The number of nitrogens with zero attached hydrogens (tertiary/aromatic N) is 3. The Balaban J connectivity index is 1.57. The lowest BCUT2D eigenvalue weighted by atomic mass is 10.1. The average molecular weight is 426 g/mol. The SMILES string of the molecule is CC(NC(=O)COc1cc(Cl)c(Cl)cc1Cl)c1ccc(-n2cncn2)cc1. The maximum atomic E-state index is 12.2. The molecular formula is C18H15Cl3N4O2. The van der Waals surface area contributed by atoms with Crippen LogP contribution in [0, 0.1) is 0 Å². The number of ether oxygens (including phenoxy) is 1. The molecule has 1 heterocycles. The van der Waals surface area contributed by atoms with Crippen molar-refractivity contribution in [2.45, 2.75) is 13.0 Å². The van der Waals surface area contributed by atoms with Crippen molar-refractivity contribution in [3.63, 3.8) is 0 Å². The Morgan fingerprint density at radius 2 is 1.85 bits per heavy atom. The topological polar surface area (TPSA) is 69.0 Å². The van der Waals surface area contributed by atoms with Gasteiger partial charge >= 0.3 is 0 Å². The molecule has 0 fully saturated rings. The van der Waals surface area contributed by atoms with Gasteiger partial charge in [0.05, 0.1) is 26.8 Å². The number of nitrogens with one attached hydrogen (secondary N) is 1. The van der Waals surface area contributed by atoms with E-state index in [4.69, 9.17) is 39.5 Å². The van der Waals surface area contributed by atoms with Crippen LogP contribution in [0.1, 0.15) is 18.5 Å². The van der Waals surface area contributed by atoms with Crippen molar-refractivity contribution in [3.8, 4) is 11.4 Å². The summed E-state index contributed by atoms with van der Waals surface area (Å²) in [5, 5.41) is 7.85. The van der Waals surface area contributed by atoms with Gasteiger partial charge in [-0.3, -0.25) is 4.79 Å². The van der Waals surface area contributed by atoms with Gasteiger partial charge < -0.3 is 10.1 Å². The van der Waals surface area contributed by atoms with E-state index >= 15 is 0 Å². The van der Waals surface area contributed by atoms with Crippen LogP contribution in [0.3, 0.4) is 0 Å². The lowest BCUT2D eigenvalue weighted by Gasteiger charge is -2.15. The van der Waals surface area contributed by atoms with Gasteiger partial charge in [-0.05, 0) is 30.7 Å². The van der Waals surface area contributed by atoms with Crippen LogP contribution in [0.2, 0.25) is 15.1 Å². The summed E-state index contributed by atoms with van der Waals surface area (Å²) in [4.78, 5) is 16.1. The number of halogens is 3. The summed E-state index contributed by atoms with van der Waals surface area (Å²) in [6.45, 7) is 1.69. The minimum absolute atomic E-state index is 0.195. The molecule has 0 aliphatic heterocycles. The number of aromatic nitrogens is 3. The van der Waals surface area contributed by atoms with Crippen molar-refractivity contribution in [2.75, 3.05) is 6.61 Å². The molecule has 1 unspecified atom stereocenters. The molecule has 9 heteroatoms. The molecule has 0 saturated heterocycles. The third-order valence-electron chi connectivity index (χ3n) is 3.79. The maximum Gasteiger partial charge on any atom is 0.258 e. The van der Waals surface area contributed by atoms with Crippen molar-refractivity contribution in [1.29, 1.82) is 0 Å². The molecule has 1 amide bonds. The number of amides is 1. The fourth-order valence-corrected chi connectivity index (χ4v) is 2.97. The summed E-state index contributed by atoms with van der Waals surface area (Å²) in [6, 6.07) is 10.4. The van der Waals surface area contributed by atoms with E-state index in [9.17, 15) is 4.79 Å². The first kappa shape index (κ1) is 19.5. The number of hydrogen-bond acceptors (Lipinski definition) is 4. The van der Waals surface area contributed by atoms with Crippen molar-refractivity contribution >= 4 is 40.7 Å². The van der Waals surface area contributed by atoms with Gasteiger partial charge in [0.2, 0.25) is 0 Å². The Bertz CT molecular complexity index is 931. The summed E-state index contributed by atoms with van der Waals surface area (Å²) >= 11 is 17.8. The van der Waals surface area contributed by atoms with Gasteiger partial charge in [0, 0.05) is 6.07 Å². The molecule has 1 N–H and O–H groups in total. The molecule has 1 atom stereocenters. The van der Waals surface area contributed by atoms with Gasteiger partial charge in [0.15, 0.2) is 6.61 Å². The second kappa shape index (κ2) is 8.61. The molecular weight excluding hydrogens is 411 g/mol. The molecule has 140 valence electrons. The van der Waals surface area contributed by atoms with Crippen LogP contribution in [0.4, 0.5) is 0 Å². The third-order valence-corrected chi connectivity index (χ3v) is 4.80. The van der Waals surface area contributed by atoms with Gasteiger partial charge in [0.1, 0.15) is 18.4 Å². The molecule has 6 nitrogen and oxygen atoms in total. The van der Waals surface area contributed by atoms with Crippen molar-refractivity contribution < 1.29 is 9.53 Å². The Morgan fingerprint density at radius 3 is 2.52 bits per heavy atom. The molecule has 1 aromatic heterocycles. The summed E-state index contributed by atoms with van der Waals surface area (Å²) in [6.07, 6.45) is 3.09. The van der Waals surface area contributed by atoms with Gasteiger partial charge in [-0.15, -0.1) is 0 Å². The highest BCUT2D eigenvalue weighted by molar-refractivity contribution is 6.43. The number of benzene rings is 2. The molecule has 2 aromatic carbocycles. The first-order valence-electron chi connectivity index (χ1n) is 7.95. The zero-order valence-electron chi connectivity index (χ0n) is 14.2. The smallest absolute Gasteiger partial charge is 0.258 e. The van der Waals surface area contributed by atoms with E-state index in [-0.39, 0.29) is 23.6 Å². The standard InChI is InChI=1S/C18H15Cl3N4O2/c1-11(12-2-4-13(5-3-12)25-10-22-9-23-25)24-18(26)8-27-17-7-15(20)14(19)6-16(17)21/h2-7,9-11H,8H2,1H3,(H,24,26). The van der Waals surface area contributed by atoms with Gasteiger partial charge in [-0.1, -0.05) is 46.9 Å². The molecule has 0 spiro atoms. The van der Waals surface area contributed by atoms with Gasteiger partial charge in [0.25, 0.3) is 5.91 Å². The molecule has 0 saturated carbocycles. The number of carbonyl (C=O) groups is 1. The minimum atomic E-state index is -0.287. The van der Waals surface area contributed by atoms with Crippen molar-refractivity contribution in [1.82, 2.24) is 20.1 Å². The first-order valence-corrected chi connectivity index (χ1v) is 9.09. The molecule has 0 bridgehead atoms. The lowest BCUT2D eigenvalue weighted by Crippen LogP contribution is -2.31. The number of rotatable bonds is 6. The summed E-state index contributed by atoms with van der Waals surface area (Å²) in [5.74, 6) is 0.0102. The van der Waals surface area contributed by atoms with E-state index in [1.807, 2.05) is 31.2 Å². The van der Waals surface area contributed by atoms with Crippen LogP contribution < -0.4 is 10.1 Å². The van der Waals surface area contributed by atoms with Crippen LogP contribution in [-0.4, -0.2) is 27.3 Å². The quantitative estimate of drug-likeness (QED) is 0.591. The Labute approximate surface area is 171 Å². The zero-order chi connectivity index (χ0) is 19.4. The molecule has 0 aliphatic rings. The highest BCUT2D eigenvalue weighted by Gasteiger charge is 2.13. The summed E-state index contributed by atoms with van der Waals surface area (Å²) in [7, 11) is 0.